The van der Waals surface area contributed by atoms with Crippen molar-refractivity contribution in [3.05, 3.63) is 30.3 Å². The Bertz CT molecular complexity index is 408. The van der Waals surface area contributed by atoms with Gasteiger partial charge in [0.15, 0.2) is 0 Å². The number of carbonyl (C=O) groups excluding carboxylic acids is 1. The maximum atomic E-state index is 12.1. The molecule has 0 fully saturated rings. The van der Waals surface area contributed by atoms with E-state index >= 15 is 0 Å². The highest BCUT2D eigenvalue weighted by Crippen LogP contribution is 2.16. The number of nitrogens with one attached hydrogen (secondary N) is 1. The van der Waals surface area contributed by atoms with Crippen LogP contribution in [0.1, 0.15) is 40.0 Å². The third-order valence-corrected chi connectivity index (χ3v) is 3.32. The minimum atomic E-state index is -0.633. The number of para-hydroxylation sites is 1. The summed E-state index contributed by atoms with van der Waals surface area (Å²) in [6.45, 7) is 7.61. The molecule has 1 unspecified atom stereocenters. The summed E-state index contributed by atoms with van der Waals surface area (Å²) < 4.78 is 10.8. The van der Waals surface area contributed by atoms with Crippen LogP contribution in [-0.4, -0.2) is 31.3 Å². The lowest BCUT2D eigenvalue weighted by atomic mass is 9.95. The zero-order chi connectivity index (χ0) is 15.6. The predicted molar refractivity (Wildman–Crippen MR) is 84.5 cm³/mol. The standard InChI is InChI=1S/C17H27NO3/c1-4-13-18-17(3,16(19)20-5-2)12-9-14-21-15-10-7-6-8-11-15/h6-8,10-11,18H,4-5,9,12-14H2,1-3H3. The smallest absolute Gasteiger partial charge is 0.326 e. The van der Waals surface area contributed by atoms with Crippen molar-refractivity contribution in [2.75, 3.05) is 19.8 Å². The summed E-state index contributed by atoms with van der Waals surface area (Å²) in [6.07, 6.45) is 2.47. The number of esters is 1. The number of benzene rings is 1. The average molecular weight is 293 g/mol. The van der Waals surface area contributed by atoms with Crippen molar-refractivity contribution >= 4 is 5.97 Å². The topological polar surface area (TPSA) is 47.6 Å². The van der Waals surface area contributed by atoms with Crippen molar-refractivity contribution in [1.82, 2.24) is 5.32 Å². The molecule has 4 heteroatoms. The normalized spacial score (nSPS) is 13.5. The molecule has 0 saturated carbocycles. The molecule has 1 N–H and O–H groups in total. The quantitative estimate of drug-likeness (QED) is 0.532. The molecule has 0 aliphatic heterocycles. The van der Waals surface area contributed by atoms with E-state index in [2.05, 4.69) is 12.2 Å². The van der Waals surface area contributed by atoms with Gasteiger partial charge in [0.05, 0.1) is 13.2 Å². The number of hydrogen-bond donors (Lipinski definition) is 1. The van der Waals surface area contributed by atoms with E-state index in [0.717, 1.165) is 25.1 Å². The highest BCUT2D eigenvalue weighted by atomic mass is 16.5. The monoisotopic (exact) mass is 293 g/mol. The molecular formula is C17H27NO3. The van der Waals surface area contributed by atoms with E-state index in [1.807, 2.05) is 44.2 Å². The lowest BCUT2D eigenvalue weighted by Crippen LogP contribution is -2.51. The average Bonchev–Trinajstić information content (AvgIpc) is 2.51. The molecule has 0 amide bonds. The minimum Gasteiger partial charge on any atom is -0.494 e. The lowest BCUT2D eigenvalue weighted by Gasteiger charge is -2.28. The van der Waals surface area contributed by atoms with Crippen LogP contribution in [0, 0.1) is 0 Å². The first kappa shape index (κ1) is 17.5. The first-order chi connectivity index (χ1) is 10.1. The second kappa shape index (κ2) is 9.40. The molecule has 0 bridgehead atoms. The first-order valence-electron chi connectivity index (χ1n) is 7.72. The van der Waals surface area contributed by atoms with E-state index in [0.29, 0.717) is 19.6 Å². The van der Waals surface area contributed by atoms with Crippen molar-refractivity contribution in [2.45, 2.75) is 45.6 Å². The molecule has 0 aromatic heterocycles. The molecule has 1 atom stereocenters. The summed E-state index contributed by atoms with van der Waals surface area (Å²) in [6, 6.07) is 9.71. The van der Waals surface area contributed by atoms with Gasteiger partial charge in [-0.05, 0) is 51.8 Å². The van der Waals surface area contributed by atoms with Gasteiger partial charge in [0.1, 0.15) is 11.3 Å². The fourth-order valence-corrected chi connectivity index (χ4v) is 2.09. The molecule has 1 rings (SSSR count). The third-order valence-electron chi connectivity index (χ3n) is 3.32. The Balaban J connectivity index is 2.43. The van der Waals surface area contributed by atoms with Gasteiger partial charge in [0.25, 0.3) is 0 Å². The van der Waals surface area contributed by atoms with E-state index in [4.69, 9.17) is 9.47 Å². The van der Waals surface area contributed by atoms with Crippen LogP contribution in [-0.2, 0) is 9.53 Å². The van der Waals surface area contributed by atoms with Crippen molar-refractivity contribution in [2.24, 2.45) is 0 Å². The molecule has 0 aliphatic carbocycles. The van der Waals surface area contributed by atoms with Gasteiger partial charge in [-0.3, -0.25) is 4.79 Å². The highest BCUT2D eigenvalue weighted by Gasteiger charge is 2.33. The summed E-state index contributed by atoms with van der Waals surface area (Å²) in [5.74, 6) is 0.676. The van der Waals surface area contributed by atoms with Crippen molar-refractivity contribution < 1.29 is 14.3 Å². The van der Waals surface area contributed by atoms with Crippen LogP contribution in [0.3, 0.4) is 0 Å². The van der Waals surface area contributed by atoms with Crippen LogP contribution in [0.25, 0.3) is 0 Å². The van der Waals surface area contributed by atoms with Gasteiger partial charge >= 0.3 is 5.97 Å². The third kappa shape index (κ3) is 6.17. The maximum Gasteiger partial charge on any atom is 0.326 e. The molecular weight excluding hydrogens is 266 g/mol. The Morgan fingerprint density at radius 3 is 2.57 bits per heavy atom. The van der Waals surface area contributed by atoms with Gasteiger partial charge in [-0.1, -0.05) is 25.1 Å². The molecule has 1 aromatic carbocycles. The Labute approximate surface area is 127 Å². The van der Waals surface area contributed by atoms with Crippen molar-refractivity contribution in [1.29, 1.82) is 0 Å². The number of hydrogen-bond acceptors (Lipinski definition) is 4. The lowest BCUT2D eigenvalue weighted by molar-refractivity contribution is -0.150. The second-order valence-electron chi connectivity index (χ2n) is 5.24. The van der Waals surface area contributed by atoms with Gasteiger partial charge in [-0.2, -0.15) is 0 Å². The highest BCUT2D eigenvalue weighted by molar-refractivity contribution is 5.80. The van der Waals surface area contributed by atoms with Gasteiger partial charge in [-0.25, -0.2) is 0 Å². The van der Waals surface area contributed by atoms with Crippen LogP contribution in [0.15, 0.2) is 30.3 Å². The largest absolute Gasteiger partial charge is 0.494 e. The van der Waals surface area contributed by atoms with Crippen LogP contribution in [0.2, 0.25) is 0 Å². The maximum absolute atomic E-state index is 12.1. The van der Waals surface area contributed by atoms with Crippen LogP contribution >= 0.6 is 0 Å². The van der Waals surface area contributed by atoms with Crippen LogP contribution < -0.4 is 10.1 Å². The molecule has 0 heterocycles. The van der Waals surface area contributed by atoms with E-state index in [9.17, 15) is 4.79 Å². The molecule has 21 heavy (non-hydrogen) atoms. The summed E-state index contributed by atoms with van der Waals surface area (Å²) in [7, 11) is 0. The molecule has 1 aromatic rings. The van der Waals surface area contributed by atoms with Crippen molar-refractivity contribution in [3.63, 3.8) is 0 Å². The van der Waals surface area contributed by atoms with Gasteiger partial charge in [0.2, 0.25) is 0 Å². The van der Waals surface area contributed by atoms with E-state index in [-0.39, 0.29) is 5.97 Å². The molecule has 0 radical (unpaired) electrons. The first-order valence-corrected chi connectivity index (χ1v) is 7.72. The number of ether oxygens (including phenoxy) is 2. The summed E-state index contributed by atoms with van der Waals surface area (Å²) in [5, 5.41) is 3.30. The molecule has 0 aliphatic rings. The molecule has 4 nitrogen and oxygen atoms in total. The molecule has 0 spiro atoms. The predicted octanol–water partition coefficient (Wildman–Crippen LogP) is 3.17. The van der Waals surface area contributed by atoms with E-state index < -0.39 is 5.54 Å². The summed E-state index contributed by atoms with van der Waals surface area (Å²) >= 11 is 0. The Morgan fingerprint density at radius 1 is 1.24 bits per heavy atom. The fraction of sp³-hybridized carbons (Fsp3) is 0.588. The summed E-state index contributed by atoms with van der Waals surface area (Å²) in [5.41, 5.74) is -0.633. The molecule has 0 saturated heterocycles. The minimum absolute atomic E-state index is 0.182. The SMILES string of the molecule is CCCNC(C)(CCCOc1ccccc1)C(=O)OCC. The Morgan fingerprint density at radius 2 is 1.95 bits per heavy atom. The van der Waals surface area contributed by atoms with Gasteiger partial charge in [0, 0.05) is 0 Å². The fourth-order valence-electron chi connectivity index (χ4n) is 2.09. The van der Waals surface area contributed by atoms with Gasteiger partial charge in [-0.15, -0.1) is 0 Å². The summed E-state index contributed by atoms with van der Waals surface area (Å²) in [4.78, 5) is 12.1. The number of rotatable bonds is 10. The Hall–Kier alpha value is -1.55. The van der Waals surface area contributed by atoms with Crippen LogP contribution in [0.4, 0.5) is 0 Å². The van der Waals surface area contributed by atoms with E-state index in [1.54, 1.807) is 0 Å². The van der Waals surface area contributed by atoms with Crippen LogP contribution in [0.5, 0.6) is 5.75 Å². The van der Waals surface area contributed by atoms with E-state index in [1.165, 1.54) is 0 Å². The molecule has 118 valence electrons. The van der Waals surface area contributed by atoms with Crippen molar-refractivity contribution in [3.8, 4) is 5.75 Å². The zero-order valence-corrected chi connectivity index (χ0v) is 13.4. The second-order valence-corrected chi connectivity index (χ2v) is 5.24. The Kier molecular flexibility index (Phi) is 7.83. The number of carbonyl (C=O) groups is 1. The van der Waals surface area contributed by atoms with Gasteiger partial charge < -0.3 is 14.8 Å². The zero-order valence-electron chi connectivity index (χ0n) is 13.4.